The summed E-state index contributed by atoms with van der Waals surface area (Å²) in [5.74, 6) is -0.0183. The van der Waals surface area contributed by atoms with Crippen LogP contribution in [0.15, 0.2) is 0 Å². The summed E-state index contributed by atoms with van der Waals surface area (Å²) in [5.41, 5.74) is 0. The summed E-state index contributed by atoms with van der Waals surface area (Å²) < 4.78 is 24.2. The van der Waals surface area contributed by atoms with Crippen LogP contribution in [-0.2, 0) is 14.8 Å². The van der Waals surface area contributed by atoms with Gasteiger partial charge in [0.2, 0.25) is 15.9 Å². The van der Waals surface area contributed by atoms with E-state index in [2.05, 4.69) is 0 Å². The van der Waals surface area contributed by atoms with Gasteiger partial charge in [-0.3, -0.25) is 4.79 Å². The van der Waals surface area contributed by atoms with Gasteiger partial charge in [0, 0.05) is 32.1 Å². The molecule has 0 bridgehead atoms. The minimum Gasteiger partial charge on any atom is -0.391 e. The maximum Gasteiger partial charge on any atom is 0.225 e. The van der Waals surface area contributed by atoms with Gasteiger partial charge < -0.3 is 10.0 Å². The Hall–Kier alpha value is -0.660. The van der Waals surface area contributed by atoms with Crippen LogP contribution in [0.2, 0.25) is 0 Å². The molecule has 0 spiro atoms. The topological polar surface area (TPSA) is 77.9 Å². The second-order valence-corrected chi connectivity index (χ2v) is 7.50. The van der Waals surface area contributed by atoms with E-state index in [1.54, 1.807) is 4.90 Å². The average Bonchev–Trinajstić information content (AvgIpc) is 2.37. The fourth-order valence-corrected chi connectivity index (χ4v) is 3.72. The smallest absolute Gasteiger partial charge is 0.225 e. The molecule has 1 atom stereocenters. The second kappa shape index (κ2) is 5.76. The quantitative estimate of drug-likeness (QED) is 0.753. The van der Waals surface area contributed by atoms with Gasteiger partial charge in [-0.05, 0) is 25.7 Å². The molecule has 1 amide bonds. The van der Waals surface area contributed by atoms with Crippen molar-refractivity contribution < 1.29 is 18.3 Å². The molecular weight excluding hydrogens is 268 g/mol. The van der Waals surface area contributed by atoms with E-state index in [0.29, 0.717) is 39.0 Å². The lowest BCUT2D eigenvalue weighted by atomic mass is 9.95. The van der Waals surface area contributed by atoms with E-state index >= 15 is 0 Å². The molecule has 7 heteroatoms. The van der Waals surface area contributed by atoms with Crippen molar-refractivity contribution in [1.82, 2.24) is 9.21 Å². The predicted molar refractivity (Wildman–Crippen MR) is 71.0 cm³/mol. The Morgan fingerprint density at radius 2 is 1.79 bits per heavy atom. The summed E-state index contributed by atoms with van der Waals surface area (Å²) in [7, 11) is -3.14. The van der Waals surface area contributed by atoms with E-state index in [9.17, 15) is 18.3 Å². The van der Waals surface area contributed by atoms with Crippen LogP contribution < -0.4 is 0 Å². The number of hydrogen-bond donors (Lipinski definition) is 1. The Labute approximate surface area is 114 Å². The lowest BCUT2D eigenvalue weighted by Crippen LogP contribution is -2.48. The minimum atomic E-state index is -3.14. The van der Waals surface area contributed by atoms with Gasteiger partial charge in [0.1, 0.15) is 0 Å². The van der Waals surface area contributed by atoms with Crippen molar-refractivity contribution in [3.63, 3.8) is 0 Å². The first kappa shape index (κ1) is 14.7. The molecule has 1 N–H and O–H groups in total. The Kier molecular flexibility index (Phi) is 4.47. The minimum absolute atomic E-state index is 0.0758. The highest BCUT2D eigenvalue weighted by atomic mass is 32.2. The molecule has 0 aromatic carbocycles. The SMILES string of the molecule is CS(=O)(=O)N1CCC(C(=O)N2CCCC(O)C2)CC1. The zero-order valence-corrected chi connectivity index (χ0v) is 12.1. The fraction of sp³-hybridized carbons (Fsp3) is 0.917. The first-order valence-electron chi connectivity index (χ1n) is 6.80. The lowest BCUT2D eigenvalue weighted by Gasteiger charge is -2.36. The van der Waals surface area contributed by atoms with Crippen molar-refractivity contribution in [2.45, 2.75) is 31.8 Å². The molecule has 0 saturated carbocycles. The number of hydrogen-bond acceptors (Lipinski definition) is 4. The van der Waals surface area contributed by atoms with Gasteiger partial charge in [-0.15, -0.1) is 0 Å². The zero-order valence-electron chi connectivity index (χ0n) is 11.3. The number of piperidine rings is 2. The van der Waals surface area contributed by atoms with E-state index in [-0.39, 0.29) is 11.8 Å². The molecule has 0 aromatic rings. The number of rotatable bonds is 2. The number of aliphatic hydroxyl groups is 1. The second-order valence-electron chi connectivity index (χ2n) is 5.52. The molecule has 6 nitrogen and oxygen atoms in total. The Morgan fingerprint density at radius 1 is 1.16 bits per heavy atom. The summed E-state index contributed by atoms with van der Waals surface area (Å²) in [6.07, 6.45) is 3.56. The summed E-state index contributed by atoms with van der Waals surface area (Å²) in [6.45, 7) is 1.98. The number of likely N-dealkylation sites (tertiary alicyclic amines) is 1. The average molecular weight is 290 g/mol. The normalized spacial score (nSPS) is 27.5. The third-order valence-corrected chi connectivity index (χ3v) is 5.28. The highest BCUT2D eigenvalue weighted by Gasteiger charge is 2.32. The number of amides is 1. The van der Waals surface area contributed by atoms with Crippen LogP contribution >= 0.6 is 0 Å². The van der Waals surface area contributed by atoms with E-state index in [0.717, 1.165) is 12.8 Å². The highest BCUT2D eigenvalue weighted by Crippen LogP contribution is 2.23. The van der Waals surface area contributed by atoms with Crippen LogP contribution in [0.3, 0.4) is 0 Å². The molecule has 2 rings (SSSR count). The van der Waals surface area contributed by atoms with Gasteiger partial charge in [0.25, 0.3) is 0 Å². The van der Waals surface area contributed by atoms with Gasteiger partial charge in [-0.25, -0.2) is 12.7 Å². The van der Waals surface area contributed by atoms with Crippen molar-refractivity contribution >= 4 is 15.9 Å². The molecular formula is C12H22N2O4S. The van der Waals surface area contributed by atoms with Crippen molar-refractivity contribution in [3.8, 4) is 0 Å². The van der Waals surface area contributed by atoms with Gasteiger partial charge in [0.15, 0.2) is 0 Å². The molecule has 110 valence electrons. The van der Waals surface area contributed by atoms with Crippen LogP contribution in [0, 0.1) is 5.92 Å². The van der Waals surface area contributed by atoms with Gasteiger partial charge >= 0.3 is 0 Å². The van der Waals surface area contributed by atoms with Crippen molar-refractivity contribution in [1.29, 1.82) is 0 Å². The van der Waals surface area contributed by atoms with Gasteiger partial charge in [-0.1, -0.05) is 0 Å². The Balaban J connectivity index is 1.89. The monoisotopic (exact) mass is 290 g/mol. The maximum atomic E-state index is 12.3. The lowest BCUT2D eigenvalue weighted by molar-refractivity contribution is -0.139. The summed E-state index contributed by atoms with van der Waals surface area (Å²) in [4.78, 5) is 14.0. The number of sulfonamides is 1. The Bertz CT molecular complexity index is 429. The molecule has 0 radical (unpaired) electrons. The van der Waals surface area contributed by atoms with Gasteiger partial charge in [0.05, 0.1) is 12.4 Å². The zero-order chi connectivity index (χ0) is 14.0. The number of aliphatic hydroxyl groups excluding tert-OH is 1. The molecule has 1 unspecified atom stereocenters. The van der Waals surface area contributed by atoms with Crippen LogP contribution in [0.25, 0.3) is 0 Å². The Morgan fingerprint density at radius 3 is 2.32 bits per heavy atom. The largest absolute Gasteiger partial charge is 0.391 e. The molecule has 2 saturated heterocycles. The van der Waals surface area contributed by atoms with Gasteiger partial charge in [-0.2, -0.15) is 0 Å². The van der Waals surface area contributed by atoms with Crippen molar-refractivity contribution in [2.24, 2.45) is 5.92 Å². The van der Waals surface area contributed by atoms with E-state index in [1.807, 2.05) is 0 Å². The predicted octanol–water partition coefficient (Wildman–Crippen LogP) is -0.359. The fourth-order valence-electron chi connectivity index (χ4n) is 2.85. The van der Waals surface area contributed by atoms with Crippen LogP contribution in [0.5, 0.6) is 0 Å². The molecule has 0 aromatic heterocycles. The molecule has 2 fully saturated rings. The maximum absolute atomic E-state index is 12.3. The third kappa shape index (κ3) is 3.67. The number of nitrogens with zero attached hydrogens (tertiary/aromatic N) is 2. The van der Waals surface area contributed by atoms with Crippen LogP contribution in [0.4, 0.5) is 0 Å². The first-order chi connectivity index (χ1) is 8.88. The molecule has 2 heterocycles. The number of β-amino-alcohol motifs (C(OH)–C–C–N with tert-alkyl or cyclic N) is 1. The molecule has 19 heavy (non-hydrogen) atoms. The summed E-state index contributed by atoms with van der Waals surface area (Å²) in [5, 5.41) is 9.59. The van der Waals surface area contributed by atoms with Crippen molar-refractivity contribution in [2.75, 3.05) is 32.4 Å². The van der Waals surface area contributed by atoms with E-state index in [1.165, 1.54) is 10.6 Å². The standard InChI is InChI=1S/C12H22N2O4S/c1-19(17,18)14-7-4-10(5-8-14)12(16)13-6-2-3-11(15)9-13/h10-11,15H,2-9H2,1H3. The third-order valence-electron chi connectivity index (χ3n) is 3.98. The summed E-state index contributed by atoms with van der Waals surface area (Å²) in [6, 6.07) is 0. The molecule has 2 aliphatic rings. The van der Waals surface area contributed by atoms with E-state index in [4.69, 9.17) is 0 Å². The number of carbonyl (C=O) groups excluding carboxylic acids is 1. The van der Waals surface area contributed by atoms with E-state index < -0.39 is 16.1 Å². The number of carbonyl (C=O) groups is 1. The highest BCUT2D eigenvalue weighted by molar-refractivity contribution is 7.88. The molecule has 2 aliphatic heterocycles. The molecule has 0 aliphatic carbocycles. The van der Waals surface area contributed by atoms with Crippen LogP contribution in [0.1, 0.15) is 25.7 Å². The first-order valence-corrected chi connectivity index (χ1v) is 8.64. The van der Waals surface area contributed by atoms with Crippen molar-refractivity contribution in [3.05, 3.63) is 0 Å². The summed E-state index contributed by atoms with van der Waals surface area (Å²) >= 11 is 0. The van der Waals surface area contributed by atoms with Crippen LogP contribution in [-0.4, -0.2) is 67.2 Å².